The lowest BCUT2D eigenvalue weighted by Gasteiger charge is -2.54. The molecule has 0 aromatic carbocycles. The predicted molar refractivity (Wildman–Crippen MR) is 232 cm³/mol. The molecule has 56 heavy (non-hydrogen) atoms. The molecular weight excluding hydrogens is 787 g/mol. The van der Waals surface area contributed by atoms with E-state index in [1.165, 1.54) is 0 Å². The normalized spacial score (nSPS) is 20.7. The van der Waals surface area contributed by atoms with Crippen LogP contribution in [0.2, 0.25) is 0 Å². The number of hydrogen-bond donors (Lipinski definition) is 10. The summed E-state index contributed by atoms with van der Waals surface area (Å²) >= 11 is 0. The average Bonchev–Trinajstić information content (AvgIpc) is 2.90. The second kappa shape index (κ2) is 21.8. The zero-order chi connectivity index (χ0) is 42.5. The molecule has 2 unspecified atom stereocenters. The van der Waals surface area contributed by atoms with Crippen LogP contribution in [0.4, 0.5) is 0 Å². The van der Waals surface area contributed by atoms with E-state index in [0.717, 1.165) is 0 Å². The van der Waals surface area contributed by atoms with Crippen molar-refractivity contribution in [2.24, 2.45) is 45.4 Å². The van der Waals surface area contributed by atoms with E-state index in [1.807, 2.05) is 74.3 Å². The number of hydroxylamine groups is 4. The molecule has 2 amide bonds. The van der Waals surface area contributed by atoms with Crippen LogP contribution in [0.25, 0.3) is 0 Å². The fourth-order valence-electron chi connectivity index (χ4n) is 7.10. The van der Waals surface area contributed by atoms with Crippen molar-refractivity contribution in [2.75, 3.05) is 0 Å². The summed E-state index contributed by atoms with van der Waals surface area (Å²) in [6, 6.07) is 0. The first kappa shape index (κ1) is 60.7. The first-order valence-electron chi connectivity index (χ1n) is 18.3. The highest BCUT2D eigenvalue weighted by Gasteiger charge is 2.49. The minimum atomic E-state index is -0.886. The number of aliphatic hydroxyl groups excluding tert-OH is 2. The number of carbonyl (C=O) groups is 2. The Morgan fingerprint density at radius 1 is 0.625 bits per heavy atom. The van der Waals surface area contributed by atoms with Crippen LogP contribution in [-0.4, -0.2) is 95.7 Å². The van der Waals surface area contributed by atoms with Gasteiger partial charge in [-0.3, -0.25) is 35.5 Å². The van der Waals surface area contributed by atoms with Crippen LogP contribution in [-0.2, 0) is 19.3 Å². The number of amidine groups is 3. The van der Waals surface area contributed by atoms with Crippen molar-refractivity contribution in [1.29, 1.82) is 16.2 Å². The summed E-state index contributed by atoms with van der Waals surface area (Å²) in [5.41, 5.74) is 23.7. The van der Waals surface area contributed by atoms with E-state index >= 15 is 0 Å². The maximum absolute atomic E-state index is 11.9. The van der Waals surface area contributed by atoms with Gasteiger partial charge in [0.1, 0.15) is 11.4 Å². The highest BCUT2D eigenvalue weighted by Crippen LogP contribution is 2.41. The van der Waals surface area contributed by atoms with Crippen molar-refractivity contribution in [1.82, 2.24) is 10.1 Å². The molecule has 0 aliphatic carbocycles. The predicted octanol–water partition coefficient (Wildman–Crippen LogP) is 4.51. The minimum absolute atomic E-state index is 0. The van der Waals surface area contributed by atoms with Gasteiger partial charge in [-0.15, -0.1) is 37.2 Å². The van der Waals surface area contributed by atoms with Crippen LogP contribution in [0.5, 0.6) is 0 Å². The molecule has 2 aliphatic heterocycles. The van der Waals surface area contributed by atoms with Crippen LogP contribution in [0.15, 0.2) is 0 Å². The maximum atomic E-state index is 11.9. The molecule has 2 fully saturated rings. The van der Waals surface area contributed by atoms with Crippen LogP contribution >= 0.6 is 37.2 Å². The topological polar surface area (TPSA) is 301 Å². The quantitative estimate of drug-likeness (QED) is 0.0907. The second-order valence-corrected chi connectivity index (χ2v) is 19.3. The Morgan fingerprint density at radius 2 is 0.929 bits per heavy atom. The lowest BCUT2D eigenvalue weighted by atomic mass is 9.80. The number of halogens is 3. The van der Waals surface area contributed by atoms with Gasteiger partial charge in [-0.05, 0) is 108 Å². The lowest BCUT2D eigenvalue weighted by Crippen LogP contribution is -2.64. The van der Waals surface area contributed by atoms with Gasteiger partial charge in [0.15, 0.2) is 6.10 Å². The van der Waals surface area contributed by atoms with Gasteiger partial charge in [0.25, 0.3) is 0 Å². The van der Waals surface area contributed by atoms with Gasteiger partial charge in [0, 0.05) is 38.9 Å². The fourth-order valence-corrected chi connectivity index (χ4v) is 7.10. The Balaban J connectivity index is -0.000000369. The summed E-state index contributed by atoms with van der Waals surface area (Å²) in [5.74, 6) is -1.08. The Bertz CT molecular complexity index is 1290. The molecule has 2 heterocycles. The SMILES string of the molecule is CC(C)(CC(ON1C(C)(C)CC(O)CC1(C)C)C(N)=O)C(=N)N.CC(C)(ON1C(C)(C)CC(O)CC1(C)C)C(=N)N.CC(CC(C)(C)C(=N)N)C(N)=O.Cl.Cl.Cl. The monoisotopic (exact) mass is 865 g/mol. The van der Waals surface area contributed by atoms with Gasteiger partial charge < -0.3 is 38.9 Å². The average molecular weight is 866 g/mol. The number of aliphatic hydroxyl groups is 2. The van der Waals surface area contributed by atoms with E-state index in [1.54, 1.807) is 39.7 Å². The molecule has 334 valence electrons. The molecule has 2 atom stereocenters. The Morgan fingerprint density at radius 3 is 1.20 bits per heavy atom. The molecule has 2 rings (SSSR count). The van der Waals surface area contributed by atoms with E-state index in [9.17, 15) is 19.8 Å². The molecule has 0 aromatic rings. The first-order valence-corrected chi connectivity index (χ1v) is 18.3. The first-order chi connectivity index (χ1) is 23.3. The molecule has 16 nitrogen and oxygen atoms in total. The third kappa shape index (κ3) is 17.9. The number of nitrogens with two attached hydrogens (primary N) is 5. The highest BCUT2D eigenvalue weighted by molar-refractivity contribution is 5.86. The zero-order valence-electron chi connectivity index (χ0n) is 36.6. The molecule has 0 spiro atoms. The molecule has 0 radical (unpaired) electrons. The molecule has 2 saturated heterocycles. The maximum Gasteiger partial charge on any atom is 0.248 e. The molecule has 19 heteroatoms. The van der Waals surface area contributed by atoms with Gasteiger partial charge in [-0.25, -0.2) is 0 Å². The van der Waals surface area contributed by atoms with Crippen molar-refractivity contribution in [3.05, 3.63) is 0 Å². The summed E-state index contributed by atoms with van der Waals surface area (Å²) in [7, 11) is 0. The third-order valence-corrected chi connectivity index (χ3v) is 10.1. The third-order valence-electron chi connectivity index (χ3n) is 10.1. The van der Waals surface area contributed by atoms with Crippen molar-refractivity contribution in [2.45, 2.75) is 188 Å². The van der Waals surface area contributed by atoms with Crippen molar-refractivity contribution >= 4 is 66.5 Å². The number of nitrogens with one attached hydrogen (secondary N) is 3. The fraction of sp³-hybridized carbons (Fsp3) is 0.865. The number of amides is 2. The van der Waals surface area contributed by atoms with E-state index in [0.29, 0.717) is 32.1 Å². The standard InChI is InChI=1S/C16H32N4O3.C13H27N3O2.C8H17N3O.3ClH/c1-14(2,13(18)19)9-11(12(17)22)23-20-15(3,4)7-10(21)8-16(20,5)6;1-11(2)7-9(17)8-12(3,4)16(11)18-13(5,6)10(14)15;1-5(6(9)12)4-8(2,3)7(10)11;;;/h10-11,21H,7-9H2,1-6H3,(H2,17,22)(H3,18,19);9,17H,7-8H2,1-6H3,(H3,14,15);5H,4H2,1-3H3,(H2,9,12)(H3,10,11);3*1H. The van der Waals surface area contributed by atoms with Crippen molar-refractivity contribution in [3.63, 3.8) is 0 Å². The second-order valence-electron chi connectivity index (χ2n) is 19.3. The summed E-state index contributed by atoms with van der Waals surface area (Å²) in [4.78, 5) is 34.6. The number of nitrogens with zero attached hydrogens (tertiary/aromatic N) is 2. The Hall–Kier alpha value is -2.02. The minimum Gasteiger partial charge on any atom is -0.393 e. The van der Waals surface area contributed by atoms with Gasteiger partial charge in [-0.1, -0.05) is 34.6 Å². The number of primary amides is 2. The van der Waals surface area contributed by atoms with Crippen molar-refractivity contribution in [3.8, 4) is 0 Å². The number of carbonyl (C=O) groups excluding carboxylic acids is 2. The van der Waals surface area contributed by atoms with Gasteiger partial charge in [-0.2, -0.15) is 10.1 Å². The van der Waals surface area contributed by atoms with E-state index in [2.05, 4.69) is 0 Å². The van der Waals surface area contributed by atoms with Crippen molar-refractivity contribution < 1.29 is 29.5 Å². The van der Waals surface area contributed by atoms with Gasteiger partial charge in [0.2, 0.25) is 11.8 Å². The lowest BCUT2D eigenvalue weighted by molar-refractivity contribution is -0.322. The summed E-state index contributed by atoms with van der Waals surface area (Å²) in [6.45, 7) is 28.5. The summed E-state index contributed by atoms with van der Waals surface area (Å²) in [5, 5.41) is 46.2. The van der Waals surface area contributed by atoms with Gasteiger partial charge >= 0.3 is 0 Å². The zero-order valence-corrected chi connectivity index (χ0v) is 39.0. The van der Waals surface area contributed by atoms with Crippen LogP contribution in [0.1, 0.15) is 142 Å². The van der Waals surface area contributed by atoms with E-state index in [4.69, 9.17) is 54.6 Å². The van der Waals surface area contributed by atoms with Crippen LogP contribution in [0, 0.1) is 33.0 Å². The molecule has 0 aromatic heterocycles. The Kier molecular flexibility index (Phi) is 23.6. The molecule has 2 aliphatic rings. The molecule has 15 N–H and O–H groups in total. The largest absolute Gasteiger partial charge is 0.393 e. The van der Waals surface area contributed by atoms with Crippen LogP contribution in [0.3, 0.4) is 0 Å². The Labute approximate surface area is 355 Å². The van der Waals surface area contributed by atoms with E-state index < -0.39 is 45.6 Å². The molecular formula is C37H79Cl3N10O6. The number of rotatable bonds is 13. The summed E-state index contributed by atoms with van der Waals surface area (Å²) < 4.78 is 0. The number of piperidine rings is 2. The van der Waals surface area contributed by atoms with Gasteiger partial charge in [0.05, 0.1) is 23.9 Å². The van der Waals surface area contributed by atoms with Crippen LogP contribution < -0.4 is 28.7 Å². The smallest absolute Gasteiger partial charge is 0.248 e. The highest BCUT2D eigenvalue weighted by atomic mass is 35.5. The molecule has 0 bridgehead atoms. The summed E-state index contributed by atoms with van der Waals surface area (Å²) in [6.07, 6.45) is 1.49. The molecule has 0 saturated carbocycles. The van der Waals surface area contributed by atoms with E-state index in [-0.39, 0.29) is 90.2 Å². The number of hydrogen-bond acceptors (Lipinski definition) is 11.